The van der Waals surface area contributed by atoms with Crippen molar-refractivity contribution >= 4 is 50.7 Å². The lowest BCUT2D eigenvalue weighted by molar-refractivity contribution is -0.132. The molecule has 4 rings (SSSR count). The number of nitrogens with zero attached hydrogens (tertiary/aromatic N) is 1. The number of benzene rings is 3. The summed E-state index contributed by atoms with van der Waals surface area (Å²) < 4.78 is 5.84. The van der Waals surface area contributed by atoms with Crippen molar-refractivity contribution in [3.05, 3.63) is 99.0 Å². The van der Waals surface area contributed by atoms with Crippen LogP contribution in [0.1, 0.15) is 17.2 Å². The van der Waals surface area contributed by atoms with Gasteiger partial charge in [0.15, 0.2) is 0 Å². The van der Waals surface area contributed by atoms with Gasteiger partial charge in [-0.1, -0.05) is 48.0 Å². The third kappa shape index (κ3) is 3.84. The first kappa shape index (κ1) is 21.2. The van der Waals surface area contributed by atoms with Crippen molar-refractivity contribution in [3.63, 3.8) is 0 Å². The second-order valence-electron chi connectivity index (χ2n) is 6.91. The first-order valence-electron chi connectivity index (χ1n) is 9.38. The molecule has 0 spiro atoms. The van der Waals surface area contributed by atoms with Gasteiger partial charge in [-0.3, -0.25) is 14.5 Å². The molecule has 0 aliphatic carbocycles. The lowest BCUT2D eigenvalue weighted by atomic mass is 9.95. The monoisotopic (exact) mass is 497 g/mol. The second-order valence-corrected chi connectivity index (χ2v) is 8.20. The van der Waals surface area contributed by atoms with Gasteiger partial charge >= 0.3 is 0 Å². The van der Waals surface area contributed by atoms with E-state index in [1.54, 1.807) is 42.5 Å². The smallest absolute Gasteiger partial charge is 0.300 e. The molecule has 1 heterocycles. The maximum Gasteiger partial charge on any atom is 0.300 e. The number of ether oxygens (including phenoxy) is 1. The van der Waals surface area contributed by atoms with Crippen LogP contribution in [0.4, 0.5) is 5.69 Å². The average molecular weight is 499 g/mol. The molecule has 1 saturated heterocycles. The summed E-state index contributed by atoms with van der Waals surface area (Å²) in [6.45, 7) is 0. The van der Waals surface area contributed by atoms with Gasteiger partial charge in [-0.15, -0.1) is 0 Å². The molecule has 3 aromatic rings. The third-order valence-corrected chi connectivity index (χ3v) is 5.93. The Morgan fingerprint density at radius 3 is 2.42 bits per heavy atom. The Bertz CT molecular complexity index is 1210. The topological polar surface area (TPSA) is 66.8 Å². The van der Waals surface area contributed by atoms with E-state index in [0.29, 0.717) is 32.1 Å². The number of amides is 1. The van der Waals surface area contributed by atoms with Crippen molar-refractivity contribution < 1.29 is 19.4 Å². The van der Waals surface area contributed by atoms with Crippen LogP contribution < -0.4 is 9.64 Å². The lowest BCUT2D eigenvalue weighted by Gasteiger charge is -2.25. The molecule has 1 N–H and O–H groups in total. The molecule has 3 aromatic carbocycles. The Hall–Kier alpha value is -3.09. The summed E-state index contributed by atoms with van der Waals surface area (Å²) in [5.41, 5.74) is 1.56. The minimum Gasteiger partial charge on any atom is -0.507 e. The van der Waals surface area contributed by atoms with E-state index >= 15 is 0 Å². The highest BCUT2D eigenvalue weighted by Crippen LogP contribution is 2.43. The standard InChI is InChI=1S/C24H17BrClNO4/c1-31-19-11-10-15(12-18(19)25)22(28)20-21(14-6-3-2-4-7-14)27(24(30)23(20)29)17-9-5-8-16(26)13-17/h2-13,21,28H,1H3/b22-20+. The summed E-state index contributed by atoms with van der Waals surface area (Å²) in [4.78, 5) is 27.5. The van der Waals surface area contributed by atoms with Crippen molar-refractivity contribution in [3.8, 4) is 5.75 Å². The van der Waals surface area contributed by atoms with Crippen molar-refractivity contribution in [2.45, 2.75) is 6.04 Å². The van der Waals surface area contributed by atoms with Crippen LogP contribution in [0, 0.1) is 0 Å². The largest absolute Gasteiger partial charge is 0.507 e. The lowest BCUT2D eigenvalue weighted by Crippen LogP contribution is -2.29. The number of methoxy groups -OCH3 is 1. The van der Waals surface area contributed by atoms with Gasteiger partial charge in [0.05, 0.1) is 23.2 Å². The summed E-state index contributed by atoms with van der Waals surface area (Å²) in [6.07, 6.45) is 0. The molecule has 1 aliphatic heterocycles. The van der Waals surface area contributed by atoms with Crippen LogP contribution in [0.15, 0.2) is 82.8 Å². The summed E-state index contributed by atoms with van der Waals surface area (Å²) in [6, 6.07) is 20.0. The van der Waals surface area contributed by atoms with Crippen molar-refractivity contribution in [1.29, 1.82) is 0 Å². The fourth-order valence-electron chi connectivity index (χ4n) is 3.64. The van der Waals surface area contributed by atoms with Gasteiger partial charge in [0.2, 0.25) is 0 Å². The van der Waals surface area contributed by atoms with Crippen LogP contribution in [0.2, 0.25) is 5.02 Å². The number of hydrogen-bond acceptors (Lipinski definition) is 4. The number of carbonyl (C=O) groups is 2. The van der Waals surface area contributed by atoms with E-state index in [9.17, 15) is 14.7 Å². The summed E-state index contributed by atoms with van der Waals surface area (Å²) in [5.74, 6) is -1.18. The highest BCUT2D eigenvalue weighted by Gasteiger charge is 2.47. The molecule has 0 saturated carbocycles. The molecule has 0 bridgehead atoms. The van der Waals surface area contributed by atoms with E-state index in [2.05, 4.69) is 15.9 Å². The van der Waals surface area contributed by atoms with E-state index in [-0.39, 0.29) is 11.3 Å². The first-order chi connectivity index (χ1) is 14.9. The second kappa shape index (κ2) is 8.57. The maximum absolute atomic E-state index is 13.1. The fraction of sp³-hybridized carbons (Fsp3) is 0.0833. The van der Waals surface area contributed by atoms with Gasteiger partial charge in [-0.05, 0) is 57.9 Å². The number of Topliss-reactive ketones (excluding diaryl/α,β-unsaturated/α-hetero) is 1. The van der Waals surface area contributed by atoms with E-state index in [1.165, 1.54) is 12.0 Å². The third-order valence-electron chi connectivity index (χ3n) is 5.07. The quantitative estimate of drug-likeness (QED) is 0.283. The summed E-state index contributed by atoms with van der Waals surface area (Å²) in [7, 11) is 1.53. The van der Waals surface area contributed by atoms with E-state index < -0.39 is 17.7 Å². The van der Waals surface area contributed by atoms with Crippen LogP contribution >= 0.6 is 27.5 Å². The van der Waals surface area contributed by atoms with Gasteiger partial charge < -0.3 is 9.84 Å². The highest BCUT2D eigenvalue weighted by molar-refractivity contribution is 9.10. The number of aliphatic hydroxyl groups is 1. The minimum absolute atomic E-state index is 0.00763. The number of anilines is 1. The van der Waals surface area contributed by atoms with Crippen LogP contribution in [0.5, 0.6) is 5.75 Å². The average Bonchev–Trinajstić information content (AvgIpc) is 3.04. The van der Waals surface area contributed by atoms with Crippen LogP contribution in [-0.4, -0.2) is 23.9 Å². The molecular formula is C24H17BrClNO4. The number of ketones is 1. The molecular weight excluding hydrogens is 482 g/mol. The molecule has 1 atom stereocenters. The molecule has 0 aromatic heterocycles. The highest BCUT2D eigenvalue weighted by atomic mass is 79.9. The number of rotatable bonds is 4. The Kier molecular flexibility index (Phi) is 5.85. The number of hydrogen-bond donors (Lipinski definition) is 1. The Morgan fingerprint density at radius 1 is 1.03 bits per heavy atom. The molecule has 5 nitrogen and oxygen atoms in total. The molecule has 1 amide bonds. The SMILES string of the molecule is COc1ccc(/C(O)=C2\C(=O)C(=O)N(c3cccc(Cl)c3)C2c2ccccc2)cc1Br. The minimum atomic E-state index is -0.805. The van der Waals surface area contributed by atoms with Gasteiger partial charge in [0.1, 0.15) is 11.5 Å². The van der Waals surface area contributed by atoms with Crippen LogP contribution in [-0.2, 0) is 9.59 Å². The predicted octanol–water partition coefficient (Wildman–Crippen LogP) is 5.74. The van der Waals surface area contributed by atoms with E-state index in [4.69, 9.17) is 16.3 Å². The number of carbonyl (C=O) groups excluding carboxylic acids is 2. The predicted molar refractivity (Wildman–Crippen MR) is 123 cm³/mol. The van der Waals surface area contributed by atoms with Crippen molar-refractivity contribution in [2.75, 3.05) is 12.0 Å². The zero-order valence-electron chi connectivity index (χ0n) is 16.4. The summed E-state index contributed by atoms with van der Waals surface area (Å²) >= 11 is 9.53. The Balaban J connectivity index is 1.93. The zero-order valence-corrected chi connectivity index (χ0v) is 18.7. The molecule has 31 heavy (non-hydrogen) atoms. The number of aliphatic hydroxyl groups excluding tert-OH is 1. The van der Waals surface area contributed by atoms with Crippen molar-refractivity contribution in [1.82, 2.24) is 0 Å². The van der Waals surface area contributed by atoms with Gasteiger partial charge in [0.25, 0.3) is 11.7 Å². The van der Waals surface area contributed by atoms with E-state index in [0.717, 1.165) is 0 Å². The fourth-order valence-corrected chi connectivity index (χ4v) is 4.37. The molecule has 7 heteroatoms. The molecule has 1 fully saturated rings. The van der Waals surface area contributed by atoms with Crippen LogP contribution in [0.3, 0.4) is 0 Å². The molecule has 1 aliphatic rings. The Morgan fingerprint density at radius 2 is 1.77 bits per heavy atom. The Labute approximate surface area is 192 Å². The van der Waals surface area contributed by atoms with Gasteiger partial charge in [-0.25, -0.2) is 0 Å². The molecule has 0 radical (unpaired) electrons. The maximum atomic E-state index is 13.1. The number of halogens is 2. The van der Waals surface area contributed by atoms with Gasteiger partial charge in [0, 0.05) is 16.3 Å². The van der Waals surface area contributed by atoms with Gasteiger partial charge in [-0.2, -0.15) is 0 Å². The van der Waals surface area contributed by atoms with Crippen LogP contribution in [0.25, 0.3) is 5.76 Å². The normalized spacial score (nSPS) is 17.8. The zero-order chi connectivity index (χ0) is 22.1. The first-order valence-corrected chi connectivity index (χ1v) is 10.5. The molecule has 156 valence electrons. The van der Waals surface area contributed by atoms with Crippen molar-refractivity contribution in [2.24, 2.45) is 0 Å². The summed E-state index contributed by atoms with van der Waals surface area (Å²) in [5, 5.41) is 11.6. The molecule has 1 unspecified atom stereocenters. The van der Waals surface area contributed by atoms with E-state index in [1.807, 2.05) is 30.3 Å².